The number of carbonyl (C=O) groups excluding carboxylic acids is 1. The molecule has 0 aliphatic carbocycles. The molecule has 106 valence electrons. The van der Waals surface area contributed by atoms with Crippen LogP contribution < -0.4 is 0 Å². The third-order valence-corrected chi connectivity index (χ3v) is 3.95. The maximum atomic E-state index is 12.8. The van der Waals surface area contributed by atoms with E-state index in [2.05, 4.69) is 11.6 Å². The molecule has 1 aromatic carbocycles. The molecule has 0 atom stereocenters. The third kappa shape index (κ3) is 3.00. The molecule has 19 heavy (non-hydrogen) atoms. The van der Waals surface area contributed by atoms with Crippen molar-refractivity contribution in [2.75, 3.05) is 0 Å². The highest BCUT2D eigenvalue weighted by Gasteiger charge is 2.76. The molecule has 0 heterocycles. The summed E-state index contributed by atoms with van der Waals surface area (Å²) in [5, 5.41) is -2.53. The van der Waals surface area contributed by atoms with E-state index in [0.29, 0.717) is 0 Å². The molecule has 0 saturated heterocycles. The van der Waals surface area contributed by atoms with Crippen LogP contribution in [0.1, 0.15) is 0 Å². The number of hydrogen-bond acceptors (Lipinski definition) is 2. The standard InChI is InChI=1S/C10H5ClF6OS/c11-7(18)8(9(12,13)14,10(15,16)17)19-6-4-2-1-3-5-6/h1-5H. The molecule has 0 aliphatic heterocycles. The molecule has 1 aromatic rings. The SMILES string of the molecule is O=C(Cl)C(Sc1ccccc1)(C(F)(F)F)C(F)(F)F. The first-order valence-corrected chi connectivity index (χ1v) is 5.79. The molecule has 0 unspecified atom stereocenters. The van der Waals surface area contributed by atoms with Gasteiger partial charge < -0.3 is 0 Å². The van der Waals surface area contributed by atoms with Crippen molar-refractivity contribution in [3.8, 4) is 0 Å². The Labute approximate surface area is 112 Å². The third-order valence-electron chi connectivity index (χ3n) is 2.09. The van der Waals surface area contributed by atoms with Crippen molar-refractivity contribution in [2.45, 2.75) is 22.0 Å². The molecule has 0 saturated carbocycles. The quantitative estimate of drug-likeness (QED) is 0.466. The lowest BCUT2D eigenvalue weighted by atomic mass is 10.1. The van der Waals surface area contributed by atoms with Crippen LogP contribution in [-0.2, 0) is 4.79 Å². The van der Waals surface area contributed by atoms with Gasteiger partial charge in [0.25, 0.3) is 9.99 Å². The summed E-state index contributed by atoms with van der Waals surface area (Å²) in [5.74, 6) is 0. The van der Waals surface area contributed by atoms with Crippen LogP contribution in [0.2, 0.25) is 0 Å². The molecule has 9 heteroatoms. The lowest BCUT2D eigenvalue weighted by molar-refractivity contribution is -0.253. The van der Waals surface area contributed by atoms with Crippen molar-refractivity contribution >= 4 is 28.6 Å². The number of hydrogen-bond donors (Lipinski definition) is 0. The Morgan fingerprint density at radius 1 is 0.947 bits per heavy atom. The van der Waals surface area contributed by atoms with Gasteiger partial charge in [-0.05, 0) is 23.7 Å². The summed E-state index contributed by atoms with van der Waals surface area (Å²) in [6, 6.07) is 5.96. The van der Waals surface area contributed by atoms with Crippen LogP contribution >= 0.6 is 23.4 Å². The van der Waals surface area contributed by atoms with Gasteiger partial charge in [0.15, 0.2) is 0 Å². The van der Waals surface area contributed by atoms with Gasteiger partial charge in [-0.15, -0.1) is 0 Å². The first kappa shape index (κ1) is 16.2. The van der Waals surface area contributed by atoms with E-state index < -0.39 is 34.1 Å². The van der Waals surface area contributed by atoms with Crippen LogP contribution in [0.5, 0.6) is 0 Å². The fraction of sp³-hybridized carbons (Fsp3) is 0.300. The molecule has 0 amide bonds. The highest BCUT2D eigenvalue weighted by molar-refractivity contribution is 8.01. The maximum Gasteiger partial charge on any atom is 0.420 e. The molecule has 0 spiro atoms. The largest absolute Gasteiger partial charge is 0.420 e. The predicted octanol–water partition coefficient (Wildman–Crippen LogP) is 4.41. The van der Waals surface area contributed by atoms with Gasteiger partial charge in [-0.1, -0.05) is 30.0 Å². The van der Waals surface area contributed by atoms with Crippen LogP contribution in [0.15, 0.2) is 35.2 Å². The van der Waals surface area contributed by atoms with Gasteiger partial charge in [-0.2, -0.15) is 26.3 Å². The van der Waals surface area contributed by atoms with Crippen molar-refractivity contribution in [3.05, 3.63) is 30.3 Å². The van der Waals surface area contributed by atoms with E-state index in [-0.39, 0.29) is 4.90 Å². The van der Waals surface area contributed by atoms with Gasteiger partial charge in [0, 0.05) is 4.90 Å². The van der Waals surface area contributed by atoms with Crippen LogP contribution in [0.3, 0.4) is 0 Å². The minimum absolute atomic E-state index is 0.369. The van der Waals surface area contributed by atoms with Crippen LogP contribution in [0.25, 0.3) is 0 Å². The number of benzene rings is 1. The lowest BCUT2D eigenvalue weighted by Crippen LogP contribution is -2.58. The van der Waals surface area contributed by atoms with Gasteiger partial charge in [-0.3, -0.25) is 4.79 Å². The first-order chi connectivity index (χ1) is 8.52. The minimum atomic E-state index is -5.87. The Kier molecular flexibility index (Phi) is 4.46. The second kappa shape index (κ2) is 5.24. The second-order valence-corrected chi connectivity index (χ2v) is 5.00. The Hall–Kier alpha value is -0.890. The smallest absolute Gasteiger partial charge is 0.279 e. The Bertz CT molecular complexity index is 441. The van der Waals surface area contributed by atoms with E-state index in [1.807, 2.05) is 0 Å². The average molecular weight is 323 g/mol. The van der Waals surface area contributed by atoms with Gasteiger partial charge in [-0.25, -0.2) is 0 Å². The molecule has 0 N–H and O–H groups in total. The molecule has 0 fully saturated rings. The molecule has 0 bridgehead atoms. The summed E-state index contributed by atoms with van der Waals surface area (Å²) in [4.78, 5) is 10.5. The topological polar surface area (TPSA) is 17.1 Å². The number of rotatable bonds is 3. The normalized spacial score (nSPS) is 13.4. The van der Waals surface area contributed by atoms with E-state index in [1.165, 1.54) is 18.2 Å². The fourth-order valence-electron chi connectivity index (χ4n) is 1.20. The molecular formula is C10H5ClF6OS. The number of halogens is 7. The number of thioether (sulfide) groups is 1. The molecular weight excluding hydrogens is 318 g/mol. The highest BCUT2D eigenvalue weighted by atomic mass is 35.5. The van der Waals surface area contributed by atoms with E-state index in [1.54, 1.807) is 0 Å². The summed E-state index contributed by atoms with van der Waals surface area (Å²) < 4.78 is 71.9. The highest BCUT2D eigenvalue weighted by Crippen LogP contribution is 2.55. The van der Waals surface area contributed by atoms with Gasteiger partial charge in [0.05, 0.1) is 0 Å². The fourth-order valence-corrected chi connectivity index (χ4v) is 2.49. The summed E-state index contributed by atoms with van der Waals surface area (Å²) >= 11 is 3.95. The van der Waals surface area contributed by atoms with E-state index in [9.17, 15) is 31.1 Å². The molecule has 0 aromatic heterocycles. The summed E-state index contributed by atoms with van der Waals surface area (Å²) in [6.07, 6.45) is -11.7. The number of carbonyl (C=O) groups is 1. The zero-order valence-electron chi connectivity index (χ0n) is 8.85. The Morgan fingerprint density at radius 2 is 1.37 bits per heavy atom. The molecule has 0 radical (unpaired) electrons. The van der Waals surface area contributed by atoms with E-state index in [4.69, 9.17) is 0 Å². The summed E-state index contributed by atoms with van der Waals surface area (Å²) in [5.41, 5.74) is 0. The van der Waals surface area contributed by atoms with Gasteiger partial charge in [0.1, 0.15) is 0 Å². The van der Waals surface area contributed by atoms with Crippen LogP contribution in [-0.4, -0.2) is 22.3 Å². The van der Waals surface area contributed by atoms with Crippen LogP contribution in [0.4, 0.5) is 26.3 Å². The maximum absolute atomic E-state index is 12.8. The van der Waals surface area contributed by atoms with Gasteiger partial charge in [0.2, 0.25) is 0 Å². The average Bonchev–Trinajstić information content (AvgIpc) is 2.23. The number of alkyl halides is 6. The molecule has 1 rings (SSSR count). The van der Waals surface area contributed by atoms with Crippen molar-refractivity contribution in [2.24, 2.45) is 0 Å². The van der Waals surface area contributed by atoms with Crippen molar-refractivity contribution in [1.29, 1.82) is 0 Å². The predicted molar refractivity (Wildman–Crippen MR) is 58.0 cm³/mol. The molecule has 0 aliphatic rings. The zero-order chi connectivity index (χ0) is 14.9. The summed E-state index contributed by atoms with van der Waals surface area (Å²) in [6.45, 7) is 0. The summed E-state index contributed by atoms with van der Waals surface area (Å²) in [7, 11) is 0. The van der Waals surface area contributed by atoms with Crippen LogP contribution in [0, 0.1) is 0 Å². The Morgan fingerprint density at radius 3 is 1.68 bits per heavy atom. The monoisotopic (exact) mass is 322 g/mol. The van der Waals surface area contributed by atoms with E-state index in [0.717, 1.165) is 12.1 Å². The lowest BCUT2D eigenvalue weighted by Gasteiger charge is -2.33. The Balaban J connectivity index is 3.38. The molecule has 1 nitrogen and oxygen atoms in total. The van der Waals surface area contributed by atoms with E-state index >= 15 is 0 Å². The van der Waals surface area contributed by atoms with Crippen molar-refractivity contribution in [1.82, 2.24) is 0 Å². The second-order valence-electron chi connectivity index (χ2n) is 3.37. The zero-order valence-corrected chi connectivity index (χ0v) is 10.4. The minimum Gasteiger partial charge on any atom is -0.279 e. The van der Waals surface area contributed by atoms with Gasteiger partial charge >= 0.3 is 12.4 Å². The van der Waals surface area contributed by atoms with Crippen molar-refractivity contribution in [3.63, 3.8) is 0 Å². The first-order valence-electron chi connectivity index (χ1n) is 4.60. The van der Waals surface area contributed by atoms with Crippen molar-refractivity contribution < 1.29 is 31.1 Å².